The van der Waals surface area contributed by atoms with Crippen LogP contribution in [0.4, 0.5) is 0 Å². The number of aliphatic hydroxyl groups excluding tert-OH is 1. The number of aromatic nitrogens is 2. The summed E-state index contributed by atoms with van der Waals surface area (Å²) in [4.78, 5) is 6.85. The second-order valence-electron chi connectivity index (χ2n) is 6.31. The van der Waals surface area contributed by atoms with E-state index in [1.807, 2.05) is 6.92 Å². The van der Waals surface area contributed by atoms with E-state index in [9.17, 15) is 5.11 Å². The molecule has 1 aromatic heterocycles. The Hall–Kier alpha value is -0.940. The van der Waals surface area contributed by atoms with Crippen molar-refractivity contribution in [1.82, 2.24) is 15.0 Å². The Balaban J connectivity index is 1.65. The smallest absolute Gasteiger partial charge is 0.232 e. The molecule has 0 bridgehead atoms. The summed E-state index contributed by atoms with van der Waals surface area (Å²) in [5.74, 6) is 1.49. The van der Waals surface area contributed by atoms with E-state index in [2.05, 4.69) is 22.0 Å². The lowest BCUT2D eigenvalue weighted by Gasteiger charge is -2.40. The molecule has 106 valence electrons. The zero-order chi connectivity index (χ0) is 13.5. The minimum atomic E-state index is -0.130. The van der Waals surface area contributed by atoms with E-state index in [4.69, 9.17) is 4.52 Å². The first-order valence-corrected chi connectivity index (χ1v) is 7.31. The van der Waals surface area contributed by atoms with Crippen LogP contribution in [0.1, 0.15) is 50.7 Å². The molecule has 0 spiro atoms. The molecule has 1 aliphatic heterocycles. The van der Waals surface area contributed by atoms with Crippen LogP contribution in [0.15, 0.2) is 4.52 Å². The van der Waals surface area contributed by atoms with Gasteiger partial charge in [-0.15, -0.1) is 0 Å². The van der Waals surface area contributed by atoms with Crippen LogP contribution < -0.4 is 0 Å². The van der Waals surface area contributed by atoms with Crippen LogP contribution in [-0.4, -0.2) is 45.4 Å². The first-order chi connectivity index (χ1) is 9.08. The van der Waals surface area contributed by atoms with Crippen molar-refractivity contribution in [2.45, 2.75) is 63.5 Å². The molecule has 0 unspecified atom stereocenters. The largest absolute Gasteiger partial charge is 0.391 e. The molecule has 1 saturated carbocycles. The van der Waals surface area contributed by atoms with Crippen LogP contribution in [0.3, 0.4) is 0 Å². The van der Waals surface area contributed by atoms with Crippen LogP contribution in [-0.2, 0) is 5.41 Å². The molecule has 0 radical (unpaired) electrons. The van der Waals surface area contributed by atoms with Crippen LogP contribution in [0.5, 0.6) is 0 Å². The lowest BCUT2D eigenvalue weighted by molar-refractivity contribution is 0.0389. The highest BCUT2D eigenvalue weighted by molar-refractivity contribution is 5.06. The number of hydrogen-bond donors (Lipinski definition) is 1. The van der Waals surface area contributed by atoms with Crippen LogP contribution in [0, 0.1) is 6.92 Å². The van der Waals surface area contributed by atoms with Gasteiger partial charge in [0.1, 0.15) is 0 Å². The molecule has 2 heterocycles. The minimum absolute atomic E-state index is 0.00131. The van der Waals surface area contributed by atoms with E-state index in [0.717, 1.165) is 51.1 Å². The predicted molar refractivity (Wildman–Crippen MR) is 70.8 cm³/mol. The van der Waals surface area contributed by atoms with Crippen LogP contribution in [0.2, 0.25) is 0 Å². The topological polar surface area (TPSA) is 62.4 Å². The van der Waals surface area contributed by atoms with Crippen molar-refractivity contribution in [3.63, 3.8) is 0 Å². The Morgan fingerprint density at radius 3 is 2.58 bits per heavy atom. The molecule has 3 rings (SSSR count). The summed E-state index contributed by atoms with van der Waals surface area (Å²) in [6.07, 6.45) is 5.17. The van der Waals surface area contributed by atoms with Gasteiger partial charge in [-0.3, -0.25) is 4.90 Å². The Kier molecular flexibility index (Phi) is 3.35. The first-order valence-electron chi connectivity index (χ1n) is 7.31. The summed E-state index contributed by atoms with van der Waals surface area (Å²) in [5.41, 5.74) is 0.00131. The van der Waals surface area contributed by atoms with Gasteiger partial charge in [-0.25, -0.2) is 0 Å². The molecule has 0 amide bonds. The van der Waals surface area contributed by atoms with Crippen molar-refractivity contribution < 1.29 is 9.63 Å². The van der Waals surface area contributed by atoms with Gasteiger partial charge in [0.15, 0.2) is 5.82 Å². The van der Waals surface area contributed by atoms with Crippen LogP contribution >= 0.6 is 0 Å². The highest BCUT2D eigenvalue weighted by Gasteiger charge is 2.40. The van der Waals surface area contributed by atoms with Gasteiger partial charge < -0.3 is 9.63 Å². The summed E-state index contributed by atoms with van der Waals surface area (Å²) in [6.45, 7) is 6.10. The van der Waals surface area contributed by atoms with Gasteiger partial charge in [-0.05, 0) is 52.1 Å². The average molecular weight is 265 g/mol. The normalized spacial score (nSPS) is 31.7. The standard InChI is InChI=1S/C14H23N3O2/c1-10-15-13(19-16-10)14(2)6-8-17(9-7-14)11-4-3-5-12(11)18/h11-12,18H,3-9H2,1-2H3/t11-,12-/m0/s1. The second-order valence-corrected chi connectivity index (χ2v) is 6.31. The monoisotopic (exact) mass is 265 g/mol. The molecule has 19 heavy (non-hydrogen) atoms. The summed E-state index contributed by atoms with van der Waals surface area (Å²) in [7, 11) is 0. The van der Waals surface area contributed by atoms with Crippen molar-refractivity contribution in [2.24, 2.45) is 0 Å². The Morgan fingerprint density at radius 1 is 1.32 bits per heavy atom. The van der Waals surface area contributed by atoms with E-state index < -0.39 is 0 Å². The fourth-order valence-corrected chi connectivity index (χ4v) is 3.45. The minimum Gasteiger partial charge on any atom is -0.391 e. The number of aryl methyl sites for hydroxylation is 1. The highest BCUT2D eigenvalue weighted by Crippen LogP contribution is 2.36. The van der Waals surface area contributed by atoms with Crippen molar-refractivity contribution >= 4 is 0 Å². The lowest BCUT2D eigenvalue weighted by atomic mass is 9.79. The third kappa shape index (κ3) is 2.41. The Morgan fingerprint density at radius 2 is 2.05 bits per heavy atom. The summed E-state index contributed by atoms with van der Waals surface area (Å²) in [5, 5.41) is 13.9. The van der Waals surface area contributed by atoms with Gasteiger partial charge >= 0.3 is 0 Å². The van der Waals surface area contributed by atoms with Crippen molar-refractivity contribution in [2.75, 3.05) is 13.1 Å². The summed E-state index contributed by atoms with van der Waals surface area (Å²) < 4.78 is 5.36. The molecule has 2 aliphatic rings. The van der Waals surface area contributed by atoms with E-state index in [1.165, 1.54) is 0 Å². The maximum absolute atomic E-state index is 10.0. The third-order valence-electron chi connectivity index (χ3n) is 4.86. The molecule has 2 fully saturated rings. The Bertz CT molecular complexity index is 438. The van der Waals surface area contributed by atoms with Gasteiger partial charge in [0, 0.05) is 11.5 Å². The third-order valence-corrected chi connectivity index (χ3v) is 4.86. The second kappa shape index (κ2) is 4.87. The van der Waals surface area contributed by atoms with E-state index in [0.29, 0.717) is 11.9 Å². The predicted octanol–water partition coefficient (Wildman–Crippen LogP) is 1.64. The zero-order valence-electron chi connectivity index (χ0n) is 11.8. The number of hydrogen-bond acceptors (Lipinski definition) is 5. The molecule has 1 saturated heterocycles. The van der Waals surface area contributed by atoms with E-state index >= 15 is 0 Å². The molecule has 5 nitrogen and oxygen atoms in total. The molecule has 2 atom stereocenters. The summed E-state index contributed by atoms with van der Waals surface area (Å²) in [6, 6.07) is 0.369. The SMILES string of the molecule is Cc1noc(C2(C)CCN([C@H]3CCC[C@@H]3O)CC2)n1. The van der Waals surface area contributed by atoms with Crippen molar-refractivity contribution in [3.05, 3.63) is 11.7 Å². The highest BCUT2D eigenvalue weighted by atomic mass is 16.5. The zero-order valence-corrected chi connectivity index (χ0v) is 11.8. The number of aliphatic hydroxyl groups is 1. The van der Waals surface area contributed by atoms with Crippen molar-refractivity contribution in [1.29, 1.82) is 0 Å². The molecular weight excluding hydrogens is 242 g/mol. The number of rotatable bonds is 2. The lowest BCUT2D eigenvalue weighted by Crippen LogP contribution is -2.48. The van der Waals surface area contributed by atoms with Crippen molar-refractivity contribution in [3.8, 4) is 0 Å². The van der Waals surface area contributed by atoms with Gasteiger partial charge in [-0.2, -0.15) is 4.98 Å². The quantitative estimate of drug-likeness (QED) is 0.881. The number of piperidine rings is 1. The molecule has 0 aromatic carbocycles. The van der Waals surface area contributed by atoms with Gasteiger partial charge in [0.2, 0.25) is 5.89 Å². The molecule has 1 N–H and O–H groups in total. The Labute approximate surface area is 114 Å². The molecule has 5 heteroatoms. The molecule has 1 aliphatic carbocycles. The molecular formula is C14H23N3O2. The van der Waals surface area contributed by atoms with Gasteiger partial charge in [0.05, 0.1) is 6.10 Å². The summed E-state index contributed by atoms with van der Waals surface area (Å²) >= 11 is 0. The van der Waals surface area contributed by atoms with E-state index in [-0.39, 0.29) is 11.5 Å². The van der Waals surface area contributed by atoms with Gasteiger partial charge in [-0.1, -0.05) is 12.1 Å². The van der Waals surface area contributed by atoms with Crippen LogP contribution in [0.25, 0.3) is 0 Å². The molecule has 1 aromatic rings. The number of nitrogens with zero attached hydrogens (tertiary/aromatic N) is 3. The fraction of sp³-hybridized carbons (Fsp3) is 0.857. The maximum Gasteiger partial charge on any atom is 0.232 e. The van der Waals surface area contributed by atoms with Gasteiger partial charge in [0.25, 0.3) is 0 Å². The van der Waals surface area contributed by atoms with E-state index in [1.54, 1.807) is 0 Å². The first kappa shape index (κ1) is 13.1. The maximum atomic E-state index is 10.0. The fourth-order valence-electron chi connectivity index (χ4n) is 3.45. The average Bonchev–Trinajstić information content (AvgIpc) is 3.00. The number of likely N-dealkylation sites (tertiary alicyclic amines) is 1.